The summed E-state index contributed by atoms with van der Waals surface area (Å²) in [7, 11) is 0. The highest BCUT2D eigenvalue weighted by Gasteiger charge is 2.36. The van der Waals surface area contributed by atoms with Crippen LogP contribution in [0.2, 0.25) is 0 Å². The van der Waals surface area contributed by atoms with E-state index >= 15 is 0 Å². The first-order chi connectivity index (χ1) is 9.50. The van der Waals surface area contributed by atoms with E-state index in [4.69, 9.17) is 9.47 Å². The van der Waals surface area contributed by atoms with Gasteiger partial charge in [0, 0.05) is 12.6 Å². The van der Waals surface area contributed by atoms with Crippen LogP contribution in [0.1, 0.15) is 59.8 Å². The van der Waals surface area contributed by atoms with Crippen molar-refractivity contribution in [3.63, 3.8) is 0 Å². The quantitative estimate of drug-likeness (QED) is 0.839. The SMILES string of the molecule is CCNC1CCC(C(C)(C)C)CC1OCC1CCCO1. The van der Waals surface area contributed by atoms with Gasteiger partial charge < -0.3 is 14.8 Å². The van der Waals surface area contributed by atoms with E-state index in [9.17, 15) is 0 Å². The van der Waals surface area contributed by atoms with Crippen molar-refractivity contribution in [3.05, 3.63) is 0 Å². The van der Waals surface area contributed by atoms with Crippen LogP contribution in [0.3, 0.4) is 0 Å². The summed E-state index contributed by atoms with van der Waals surface area (Å²) in [6.45, 7) is 12.0. The first kappa shape index (κ1) is 16.3. The molecule has 20 heavy (non-hydrogen) atoms. The maximum Gasteiger partial charge on any atom is 0.0809 e. The van der Waals surface area contributed by atoms with Gasteiger partial charge in [0.15, 0.2) is 0 Å². The molecule has 0 bridgehead atoms. The fraction of sp³-hybridized carbons (Fsp3) is 1.00. The lowest BCUT2D eigenvalue weighted by atomic mass is 9.70. The number of hydrogen-bond acceptors (Lipinski definition) is 3. The molecule has 0 spiro atoms. The number of ether oxygens (including phenoxy) is 2. The molecule has 0 amide bonds. The van der Waals surface area contributed by atoms with Gasteiger partial charge in [-0.15, -0.1) is 0 Å². The standard InChI is InChI=1S/C17H33NO2/c1-5-18-15-9-8-13(17(2,3)4)11-16(15)20-12-14-7-6-10-19-14/h13-16,18H,5-12H2,1-4H3. The molecule has 0 aromatic heterocycles. The lowest BCUT2D eigenvalue weighted by Gasteiger charge is -2.42. The average Bonchev–Trinajstić information content (AvgIpc) is 2.89. The largest absolute Gasteiger partial charge is 0.376 e. The Kier molecular flexibility index (Phi) is 5.88. The lowest BCUT2D eigenvalue weighted by molar-refractivity contribution is -0.0635. The zero-order chi connectivity index (χ0) is 14.6. The zero-order valence-electron chi connectivity index (χ0n) is 13.8. The van der Waals surface area contributed by atoms with E-state index in [2.05, 4.69) is 33.0 Å². The first-order valence-corrected chi connectivity index (χ1v) is 8.47. The molecule has 2 aliphatic rings. The molecule has 1 saturated heterocycles. The maximum absolute atomic E-state index is 6.27. The highest BCUT2D eigenvalue weighted by atomic mass is 16.5. The summed E-state index contributed by atoms with van der Waals surface area (Å²) >= 11 is 0. The second-order valence-corrected chi connectivity index (χ2v) is 7.55. The van der Waals surface area contributed by atoms with Crippen LogP contribution in [0, 0.1) is 11.3 Å². The fourth-order valence-corrected chi connectivity index (χ4v) is 3.60. The van der Waals surface area contributed by atoms with Crippen LogP contribution < -0.4 is 5.32 Å². The van der Waals surface area contributed by atoms with Crippen LogP contribution >= 0.6 is 0 Å². The third kappa shape index (κ3) is 4.44. The van der Waals surface area contributed by atoms with Crippen molar-refractivity contribution in [1.82, 2.24) is 5.32 Å². The Hall–Kier alpha value is -0.120. The molecule has 0 aromatic rings. The predicted octanol–water partition coefficient (Wildman–Crippen LogP) is 3.37. The van der Waals surface area contributed by atoms with Gasteiger partial charge in [-0.05, 0) is 50.0 Å². The van der Waals surface area contributed by atoms with Gasteiger partial charge in [0.25, 0.3) is 0 Å². The number of rotatable bonds is 5. The minimum atomic E-state index is 0.340. The van der Waals surface area contributed by atoms with Gasteiger partial charge >= 0.3 is 0 Å². The molecular weight excluding hydrogens is 250 g/mol. The zero-order valence-corrected chi connectivity index (χ0v) is 13.8. The van der Waals surface area contributed by atoms with Crippen molar-refractivity contribution in [1.29, 1.82) is 0 Å². The normalized spacial score (nSPS) is 35.4. The molecule has 1 N–H and O–H groups in total. The Bertz CT molecular complexity index is 281. The molecule has 3 nitrogen and oxygen atoms in total. The van der Waals surface area contributed by atoms with Crippen LogP contribution in [-0.2, 0) is 9.47 Å². The van der Waals surface area contributed by atoms with E-state index in [0.29, 0.717) is 23.7 Å². The Morgan fingerprint density at radius 2 is 2.00 bits per heavy atom. The fourth-order valence-electron chi connectivity index (χ4n) is 3.60. The van der Waals surface area contributed by atoms with Gasteiger partial charge in [0.05, 0.1) is 18.8 Å². The van der Waals surface area contributed by atoms with Crippen molar-refractivity contribution < 1.29 is 9.47 Å². The number of nitrogens with one attached hydrogen (secondary N) is 1. The van der Waals surface area contributed by atoms with Gasteiger partial charge in [-0.2, -0.15) is 0 Å². The molecule has 0 radical (unpaired) electrons. The molecule has 4 atom stereocenters. The Labute approximate surface area is 124 Å². The van der Waals surface area contributed by atoms with Crippen molar-refractivity contribution in [2.75, 3.05) is 19.8 Å². The van der Waals surface area contributed by atoms with Gasteiger partial charge in [0.1, 0.15) is 0 Å². The predicted molar refractivity (Wildman–Crippen MR) is 83.0 cm³/mol. The van der Waals surface area contributed by atoms with Gasteiger partial charge in [-0.1, -0.05) is 27.7 Å². The second kappa shape index (κ2) is 7.24. The minimum absolute atomic E-state index is 0.340. The molecule has 118 valence electrons. The smallest absolute Gasteiger partial charge is 0.0809 e. The summed E-state index contributed by atoms with van der Waals surface area (Å²) in [5, 5.41) is 3.62. The third-order valence-electron chi connectivity index (χ3n) is 5.00. The van der Waals surface area contributed by atoms with E-state index in [1.807, 2.05) is 0 Å². The van der Waals surface area contributed by atoms with Crippen molar-refractivity contribution in [2.24, 2.45) is 11.3 Å². The maximum atomic E-state index is 6.27. The Morgan fingerprint density at radius 3 is 2.60 bits per heavy atom. The monoisotopic (exact) mass is 283 g/mol. The van der Waals surface area contributed by atoms with Crippen LogP contribution in [0.15, 0.2) is 0 Å². The topological polar surface area (TPSA) is 30.5 Å². The summed E-state index contributed by atoms with van der Waals surface area (Å²) in [4.78, 5) is 0. The summed E-state index contributed by atoms with van der Waals surface area (Å²) < 4.78 is 12.0. The van der Waals surface area contributed by atoms with Gasteiger partial charge in [-0.3, -0.25) is 0 Å². The lowest BCUT2D eigenvalue weighted by Crippen LogP contribution is -2.48. The van der Waals surface area contributed by atoms with E-state index < -0.39 is 0 Å². The Morgan fingerprint density at radius 1 is 1.20 bits per heavy atom. The molecule has 2 rings (SSSR count). The number of likely N-dealkylation sites (N-methyl/N-ethyl adjacent to an activating group) is 1. The molecule has 1 heterocycles. The highest BCUT2D eigenvalue weighted by Crippen LogP contribution is 2.39. The van der Waals surface area contributed by atoms with Gasteiger partial charge in [0.2, 0.25) is 0 Å². The molecule has 0 aromatic carbocycles. The Balaban J connectivity index is 1.88. The van der Waals surface area contributed by atoms with Crippen molar-refractivity contribution >= 4 is 0 Å². The second-order valence-electron chi connectivity index (χ2n) is 7.55. The summed E-state index contributed by atoms with van der Waals surface area (Å²) in [6, 6.07) is 0.528. The molecule has 2 fully saturated rings. The molecule has 1 aliphatic carbocycles. The van der Waals surface area contributed by atoms with E-state index in [-0.39, 0.29) is 0 Å². The number of hydrogen-bond donors (Lipinski definition) is 1. The minimum Gasteiger partial charge on any atom is -0.376 e. The molecule has 1 saturated carbocycles. The molecule has 4 unspecified atom stereocenters. The average molecular weight is 283 g/mol. The molecule has 1 aliphatic heterocycles. The third-order valence-corrected chi connectivity index (χ3v) is 5.00. The summed E-state index contributed by atoms with van der Waals surface area (Å²) in [6.07, 6.45) is 6.81. The van der Waals surface area contributed by atoms with E-state index in [1.54, 1.807) is 0 Å². The summed E-state index contributed by atoms with van der Waals surface area (Å²) in [5.74, 6) is 0.770. The van der Waals surface area contributed by atoms with Crippen LogP contribution in [0.5, 0.6) is 0 Å². The highest BCUT2D eigenvalue weighted by molar-refractivity contribution is 4.90. The van der Waals surface area contributed by atoms with E-state index in [1.165, 1.54) is 32.1 Å². The van der Waals surface area contributed by atoms with Gasteiger partial charge in [-0.25, -0.2) is 0 Å². The van der Waals surface area contributed by atoms with Crippen molar-refractivity contribution in [3.8, 4) is 0 Å². The molecular formula is C17H33NO2. The first-order valence-electron chi connectivity index (χ1n) is 8.47. The van der Waals surface area contributed by atoms with E-state index in [0.717, 1.165) is 25.7 Å². The van der Waals surface area contributed by atoms with Crippen LogP contribution in [0.4, 0.5) is 0 Å². The van der Waals surface area contributed by atoms with Crippen molar-refractivity contribution in [2.45, 2.75) is 78.0 Å². The summed E-state index contributed by atoms with van der Waals surface area (Å²) in [5.41, 5.74) is 0.392. The molecule has 3 heteroatoms. The van der Waals surface area contributed by atoms with Crippen LogP contribution in [0.25, 0.3) is 0 Å². The van der Waals surface area contributed by atoms with Crippen LogP contribution in [-0.4, -0.2) is 38.0 Å².